The van der Waals surface area contributed by atoms with Crippen LogP contribution in [0.15, 0.2) is 24.3 Å². The first-order chi connectivity index (χ1) is 10.8. The molecule has 2 amide bonds. The molecule has 0 heterocycles. The average molecular weight is 320 g/mol. The topological polar surface area (TPSA) is 102 Å². The van der Waals surface area contributed by atoms with Crippen LogP contribution in [0.1, 0.15) is 25.8 Å². The summed E-state index contributed by atoms with van der Waals surface area (Å²) in [4.78, 5) is 45.1. The SMILES string of the molecule is COC(=O)[C@H](Cc1ccc(NC(=O)CC(C)=O)cc1)NC(C)=O. The van der Waals surface area contributed by atoms with Crippen LogP contribution < -0.4 is 10.6 Å². The Balaban J connectivity index is 2.71. The van der Waals surface area contributed by atoms with Gasteiger partial charge >= 0.3 is 5.97 Å². The second kappa shape index (κ2) is 8.67. The van der Waals surface area contributed by atoms with Crippen LogP contribution in [-0.4, -0.2) is 36.7 Å². The Bertz CT molecular complexity index is 595. The first kappa shape index (κ1) is 18.3. The van der Waals surface area contributed by atoms with Crippen molar-refractivity contribution in [3.05, 3.63) is 29.8 Å². The van der Waals surface area contributed by atoms with Crippen molar-refractivity contribution in [3.63, 3.8) is 0 Å². The lowest BCUT2D eigenvalue weighted by Crippen LogP contribution is -2.41. The van der Waals surface area contributed by atoms with Crippen LogP contribution in [-0.2, 0) is 30.3 Å². The Hall–Kier alpha value is -2.70. The molecule has 1 aromatic carbocycles. The summed E-state index contributed by atoms with van der Waals surface area (Å²) in [6.07, 6.45) is 0.0998. The lowest BCUT2D eigenvalue weighted by molar-refractivity contribution is -0.144. The smallest absolute Gasteiger partial charge is 0.328 e. The zero-order chi connectivity index (χ0) is 17.4. The number of nitrogens with one attached hydrogen (secondary N) is 2. The minimum Gasteiger partial charge on any atom is -0.467 e. The number of hydrogen-bond acceptors (Lipinski definition) is 5. The molecule has 0 radical (unpaired) electrons. The van der Waals surface area contributed by atoms with E-state index in [1.165, 1.54) is 21.0 Å². The fourth-order valence-electron chi connectivity index (χ4n) is 1.97. The summed E-state index contributed by atoms with van der Waals surface area (Å²) < 4.78 is 4.66. The maximum absolute atomic E-state index is 11.6. The normalized spacial score (nSPS) is 11.3. The molecule has 1 atom stereocenters. The molecule has 0 aromatic heterocycles. The van der Waals surface area contributed by atoms with Gasteiger partial charge in [-0.05, 0) is 24.6 Å². The van der Waals surface area contributed by atoms with Crippen LogP contribution in [0, 0.1) is 0 Å². The molecule has 0 unspecified atom stereocenters. The minimum atomic E-state index is -0.768. The number of anilines is 1. The van der Waals surface area contributed by atoms with Crippen molar-refractivity contribution in [2.24, 2.45) is 0 Å². The zero-order valence-electron chi connectivity index (χ0n) is 13.3. The monoisotopic (exact) mass is 320 g/mol. The van der Waals surface area contributed by atoms with E-state index in [0.29, 0.717) is 5.69 Å². The van der Waals surface area contributed by atoms with E-state index < -0.39 is 12.0 Å². The van der Waals surface area contributed by atoms with E-state index in [2.05, 4.69) is 15.4 Å². The summed E-state index contributed by atoms with van der Waals surface area (Å²) in [6.45, 7) is 2.67. The lowest BCUT2D eigenvalue weighted by Gasteiger charge is -2.15. The molecular weight excluding hydrogens is 300 g/mol. The molecule has 0 bridgehead atoms. The van der Waals surface area contributed by atoms with Crippen LogP contribution in [0.2, 0.25) is 0 Å². The van der Waals surface area contributed by atoms with Gasteiger partial charge in [0.15, 0.2) is 0 Å². The Morgan fingerprint density at radius 1 is 1.09 bits per heavy atom. The maximum atomic E-state index is 11.6. The van der Waals surface area contributed by atoms with Gasteiger partial charge in [-0.15, -0.1) is 0 Å². The van der Waals surface area contributed by atoms with E-state index in [-0.39, 0.29) is 30.4 Å². The quantitative estimate of drug-likeness (QED) is 0.572. The highest BCUT2D eigenvalue weighted by Gasteiger charge is 2.20. The molecule has 7 heteroatoms. The van der Waals surface area contributed by atoms with E-state index in [4.69, 9.17) is 0 Å². The molecule has 124 valence electrons. The number of carbonyl (C=O) groups excluding carboxylic acids is 4. The van der Waals surface area contributed by atoms with E-state index in [9.17, 15) is 19.2 Å². The second-order valence-corrected chi connectivity index (χ2v) is 5.10. The van der Waals surface area contributed by atoms with Crippen molar-refractivity contribution in [2.75, 3.05) is 12.4 Å². The summed E-state index contributed by atoms with van der Waals surface area (Å²) >= 11 is 0. The van der Waals surface area contributed by atoms with Gasteiger partial charge in [0.25, 0.3) is 0 Å². The van der Waals surface area contributed by atoms with Crippen molar-refractivity contribution in [2.45, 2.75) is 32.7 Å². The predicted octanol–water partition coefficient (Wildman–Crippen LogP) is 0.824. The Labute approximate surface area is 134 Å². The van der Waals surface area contributed by atoms with Gasteiger partial charge in [-0.25, -0.2) is 4.79 Å². The number of benzene rings is 1. The number of hydrogen-bond donors (Lipinski definition) is 2. The fraction of sp³-hybridized carbons (Fsp3) is 0.375. The number of methoxy groups -OCH3 is 1. The molecule has 23 heavy (non-hydrogen) atoms. The molecule has 1 rings (SSSR count). The molecule has 2 N–H and O–H groups in total. The van der Waals surface area contributed by atoms with Crippen LogP contribution in [0.3, 0.4) is 0 Å². The van der Waals surface area contributed by atoms with E-state index in [1.807, 2.05) is 0 Å². The largest absolute Gasteiger partial charge is 0.467 e. The predicted molar refractivity (Wildman–Crippen MR) is 83.7 cm³/mol. The Morgan fingerprint density at radius 2 is 1.70 bits per heavy atom. The molecule has 0 aliphatic carbocycles. The van der Waals surface area contributed by atoms with Crippen LogP contribution in [0.5, 0.6) is 0 Å². The van der Waals surface area contributed by atoms with Crippen molar-refractivity contribution in [1.29, 1.82) is 0 Å². The number of Topliss-reactive ketones (excluding diaryl/α,β-unsaturated/α-hetero) is 1. The van der Waals surface area contributed by atoms with Crippen molar-refractivity contribution in [1.82, 2.24) is 5.32 Å². The third kappa shape index (κ3) is 6.73. The number of ether oxygens (including phenoxy) is 1. The second-order valence-electron chi connectivity index (χ2n) is 5.10. The molecule has 7 nitrogen and oxygen atoms in total. The van der Waals surface area contributed by atoms with Gasteiger partial charge in [0.2, 0.25) is 11.8 Å². The maximum Gasteiger partial charge on any atom is 0.328 e. The van der Waals surface area contributed by atoms with Crippen molar-refractivity contribution < 1.29 is 23.9 Å². The van der Waals surface area contributed by atoms with Crippen LogP contribution >= 0.6 is 0 Å². The molecule has 0 fully saturated rings. The first-order valence-electron chi connectivity index (χ1n) is 7.05. The van der Waals surface area contributed by atoms with E-state index in [0.717, 1.165) is 5.56 Å². The number of ketones is 1. The van der Waals surface area contributed by atoms with Gasteiger partial charge in [-0.1, -0.05) is 12.1 Å². The first-order valence-corrected chi connectivity index (χ1v) is 7.05. The third-order valence-electron chi connectivity index (χ3n) is 2.95. The van der Waals surface area contributed by atoms with Gasteiger partial charge in [0, 0.05) is 19.0 Å². The van der Waals surface area contributed by atoms with Gasteiger partial charge in [0.05, 0.1) is 13.5 Å². The highest BCUT2D eigenvalue weighted by molar-refractivity contribution is 6.03. The fourth-order valence-corrected chi connectivity index (χ4v) is 1.97. The molecule has 0 aliphatic rings. The molecule has 0 spiro atoms. The molecule has 1 aromatic rings. The molecule has 0 saturated heterocycles. The van der Waals surface area contributed by atoms with E-state index in [1.54, 1.807) is 24.3 Å². The minimum absolute atomic E-state index is 0.172. The summed E-state index contributed by atoms with van der Waals surface area (Å²) in [5.74, 6) is -1.45. The Morgan fingerprint density at radius 3 is 2.17 bits per heavy atom. The molecule has 0 aliphatic heterocycles. The standard InChI is InChI=1S/C16H20N2O5/c1-10(19)8-15(21)18-13-6-4-12(5-7-13)9-14(16(22)23-3)17-11(2)20/h4-7,14H,8-9H2,1-3H3,(H,17,20)(H,18,21)/t14-/m0/s1. The van der Waals surface area contributed by atoms with Gasteiger partial charge < -0.3 is 15.4 Å². The Kier molecular flexibility index (Phi) is 6.92. The molecule has 0 saturated carbocycles. The van der Waals surface area contributed by atoms with Gasteiger partial charge in [-0.2, -0.15) is 0 Å². The number of esters is 1. The lowest BCUT2D eigenvalue weighted by atomic mass is 10.1. The molecular formula is C16H20N2O5. The van der Waals surface area contributed by atoms with Crippen molar-refractivity contribution >= 4 is 29.3 Å². The summed E-state index contributed by atoms with van der Waals surface area (Å²) in [6, 6.07) is 6.00. The number of amides is 2. The van der Waals surface area contributed by atoms with E-state index >= 15 is 0 Å². The summed E-state index contributed by atoms with van der Waals surface area (Å²) in [5, 5.41) is 5.13. The van der Waals surface area contributed by atoms with Gasteiger partial charge in [0.1, 0.15) is 11.8 Å². The summed E-state index contributed by atoms with van der Waals surface area (Å²) in [5.41, 5.74) is 1.34. The average Bonchev–Trinajstić information content (AvgIpc) is 2.46. The summed E-state index contributed by atoms with van der Waals surface area (Å²) in [7, 11) is 1.25. The number of rotatable bonds is 7. The number of carbonyl (C=O) groups is 4. The van der Waals surface area contributed by atoms with Crippen LogP contribution in [0.4, 0.5) is 5.69 Å². The highest BCUT2D eigenvalue weighted by atomic mass is 16.5. The van der Waals surface area contributed by atoms with Crippen LogP contribution in [0.25, 0.3) is 0 Å². The van der Waals surface area contributed by atoms with Crippen molar-refractivity contribution in [3.8, 4) is 0 Å². The van der Waals surface area contributed by atoms with Gasteiger partial charge in [-0.3, -0.25) is 14.4 Å². The third-order valence-corrected chi connectivity index (χ3v) is 2.95. The highest BCUT2D eigenvalue weighted by Crippen LogP contribution is 2.12. The zero-order valence-corrected chi connectivity index (χ0v) is 13.3.